The van der Waals surface area contributed by atoms with Crippen LogP contribution in [0.1, 0.15) is 59.8 Å². The van der Waals surface area contributed by atoms with E-state index in [1.807, 2.05) is 6.92 Å². The van der Waals surface area contributed by atoms with Crippen LogP contribution in [0.2, 0.25) is 0 Å². The summed E-state index contributed by atoms with van der Waals surface area (Å²) in [6.07, 6.45) is 1.02. The number of primary amides is 1. The number of carbonyl (C=O) groups is 3. The van der Waals surface area contributed by atoms with Crippen molar-refractivity contribution in [2.24, 2.45) is 11.1 Å². The average molecular weight is 793 g/mol. The van der Waals surface area contributed by atoms with Crippen LogP contribution in [-0.4, -0.2) is 60.8 Å². The van der Waals surface area contributed by atoms with Gasteiger partial charge in [-0.3, -0.25) is 4.79 Å². The van der Waals surface area contributed by atoms with E-state index < -0.39 is 45.6 Å². The zero-order chi connectivity index (χ0) is 34.6. The number of nitrogens with two attached hydrogens (primary N) is 1. The number of likely N-dealkylation sites (tertiary alicyclic amines) is 1. The van der Waals surface area contributed by atoms with Crippen LogP contribution in [0.15, 0.2) is 65.6 Å². The Morgan fingerprint density at radius 1 is 1.10 bits per heavy atom. The Morgan fingerprint density at radius 2 is 1.88 bits per heavy atom. The summed E-state index contributed by atoms with van der Waals surface area (Å²) in [5.41, 5.74) is 6.84. The number of rotatable bonds is 12. The third-order valence-electron chi connectivity index (χ3n) is 8.69. The molecule has 2 atom stereocenters. The Morgan fingerprint density at radius 3 is 2.52 bits per heavy atom. The molecule has 0 aliphatic carbocycles. The van der Waals surface area contributed by atoms with Gasteiger partial charge in [0.25, 0.3) is 0 Å². The molecule has 0 spiro atoms. The van der Waals surface area contributed by atoms with Crippen molar-refractivity contribution in [3.8, 4) is 5.75 Å². The van der Waals surface area contributed by atoms with Crippen LogP contribution in [0, 0.1) is 17.0 Å². The maximum absolute atomic E-state index is 14.6. The van der Waals surface area contributed by atoms with E-state index >= 15 is 0 Å². The SMILES string of the molecule is CCC1([CH+]S(=O)(=O)c2ccc(NC(=O)OC)cc2[C@H]2CCCN2C(=O)[C@@H](Nc2cccc(C(N)=O)c2)c2ccc(F)c(OC)c2)C[I-]C1. The molecule has 0 radical (unpaired) electrons. The molecule has 2 fully saturated rings. The first-order chi connectivity index (χ1) is 22.9. The molecule has 2 aliphatic rings. The molecule has 2 heterocycles. The van der Waals surface area contributed by atoms with Gasteiger partial charge in [0.1, 0.15) is 0 Å². The molecule has 2 aliphatic heterocycles. The number of carbonyl (C=O) groups excluding carboxylic acids is 3. The fourth-order valence-corrected chi connectivity index (χ4v) is 11.9. The van der Waals surface area contributed by atoms with Crippen molar-refractivity contribution in [3.05, 3.63) is 88.9 Å². The Balaban J connectivity index is 1.58. The van der Waals surface area contributed by atoms with Gasteiger partial charge in [0.15, 0.2) is 11.6 Å². The quantitative estimate of drug-likeness (QED) is 0.143. The third kappa shape index (κ3) is 7.48. The Kier molecular flexibility index (Phi) is 10.7. The molecule has 256 valence electrons. The van der Waals surface area contributed by atoms with Gasteiger partial charge in [0.05, 0.1) is 7.11 Å². The molecule has 14 heteroatoms. The first-order valence-corrected chi connectivity index (χ1v) is 19.9. The van der Waals surface area contributed by atoms with Crippen molar-refractivity contribution in [1.82, 2.24) is 4.90 Å². The molecule has 0 unspecified atom stereocenters. The van der Waals surface area contributed by atoms with Gasteiger partial charge in [0, 0.05) is 5.56 Å². The number of nitrogens with one attached hydrogen (secondary N) is 2. The second-order valence-electron chi connectivity index (χ2n) is 11.8. The van der Waals surface area contributed by atoms with E-state index in [1.165, 1.54) is 56.4 Å². The number of hydrogen-bond donors (Lipinski definition) is 3. The molecular formula is C34H38FIN4O7S. The first kappa shape index (κ1) is 35.3. The Bertz CT molecular complexity index is 1810. The Hall–Kier alpha value is -4.05. The van der Waals surface area contributed by atoms with Gasteiger partial charge >= 0.3 is 211 Å². The monoisotopic (exact) mass is 792 g/mol. The van der Waals surface area contributed by atoms with Gasteiger partial charge in [0.2, 0.25) is 5.91 Å². The summed E-state index contributed by atoms with van der Waals surface area (Å²) < 4.78 is 54.4. The summed E-state index contributed by atoms with van der Waals surface area (Å²) in [4.78, 5) is 40.3. The van der Waals surface area contributed by atoms with Crippen molar-refractivity contribution < 1.29 is 57.9 Å². The molecule has 3 amide bonds. The van der Waals surface area contributed by atoms with Crippen LogP contribution in [0.25, 0.3) is 0 Å². The van der Waals surface area contributed by atoms with Crippen LogP contribution < -0.4 is 42.3 Å². The van der Waals surface area contributed by atoms with E-state index in [4.69, 9.17) is 15.2 Å². The van der Waals surface area contributed by atoms with Crippen molar-refractivity contribution in [1.29, 1.82) is 0 Å². The fraction of sp³-hybridized carbons (Fsp3) is 0.353. The molecule has 4 N–H and O–H groups in total. The standard InChI is InChI=1S/C34H38FIN4O7S/c1-4-34(18-36-19-34)20-48(44,45)29-13-11-24(39-33(43)47-3)17-25(29)27-9-6-14-40(27)32(42)30(21-10-12-26(35)28(16-21)46-2)38-23-8-5-7-22(15-23)31(37)41/h5,7-8,10-13,15-17,20,27,30,38H,4,6,9,14,18-19H2,1-3H3,(H2,37,41)(H,39,43)/t27-,30+/m1/s1. The van der Waals surface area contributed by atoms with E-state index in [0.717, 1.165) is 8.86 Å². The van der Waals surface area contributed by atoms with E-state index in [-0.39, 0.29) is 42.8 Å². The van der Waals surface area contributed by atoms with Gasteiger partial charge in [-0.25, -0.2) is 4.39 Å². The normalized spacial score (nSPS) is 17.7. The number of alkyl halides is 2. The van der Waals surface area contributed by atoms with Gasteiger partial charge in [-0.15, -0.1) is 0 Å². The molecule has 0 aromatic heterocycles. The number of benzene rings is 3. The summed E-state index contributed by atoms with van der Waals surface area (Å²) >= 11 is -0.0196. The van der Waals surface area contributed by atoms with Crippen LogP contribution in [-0.2, 0) is 19.4 Å². The van der Waals surface area contributed by atoms with Gasteiger partial charge < -0.3 is 10.5 Å². The number of sulfone groups is 1. The predicted molar refractivity (Wildman–Crippen MR) is 174 cm³/mol. The number of hydrogen-bond acceptors (Lipinski definition) is 8. The van der Waals surface area contributed by atoms with Crippen LogP contribution >= 0.6 is 0 Å². The van der Waals surface area contributed by atoms with Gasteiger partial charge in [-0.05, 0) is 24.3 Å². The summed E-state index contributed by atoms with van der Waals surface area (Å²) in [5.74, 6) is -0.254. The number of halogens is 2. The molecular weight excluding hydrogens is 754 g/mol. The van der Waals surface area contributed by atoms with Crippen molar-refractivity contribution >= 4 is 39.1 Å². The zero-order valence-electron chi connectivity index (χ0n) is 26.8. The van der Waals surface area contributed by atoms with Gasteiger partial charge in [-0.1, -0.05) is 6.07 Å². The van der Waals surface area contributed by atoms with E-state index in [0.29, 0.717) is 48.3 Å². The number of amides is 3. The molecule has 0 bridgehead atoms. The van der Waals surface area contributed by atoms with E-state index in [2.05, 4.69) is 10.6 Å². The minimum atomic E-state index is -3.91. The van der Waals surface area contributed by atoms with Crippen LogP contribution in [0.4, 0.5) is 20.6 Å². The zero-order valence-corrected chi connectivity index (χ0v) is 29.8. The van der Waals surface area contributed by atoms with Crippen molar-refractivity contribution in [3.63, 3.8) is 0 Å². The van der Waals surface area contributed by atoms with Crippen molar-refractivity contribution in [2.45, 2.75) is 43.2 Å². The number of nitrogens with zero attached hydrogens (tertiary/aromatic N) is 1. The Labute approximate surface area is 289 Å². The van der Waals surface area contributed by atoms with E-state index in [9.17, 15) is 27.2 Å². The summed E-state index contributed by atoms with van der Waals surface area (Å²) in [6.45, 7) is 2.30. The molecule has 5 rings (SSSR count). The number of anilines is 2. The fourth-order valence-electron chi connectivity index (χ4n) is 5.97. The van der Waals surface area contributed by atoms with E-state index in [1.54, 1.807) is 29.2 Å². The second-order valence-corrected chi connectivity index (χ2v) is 16.2. The first-order valence-electron chi connectivity index (χ1n) is 15.3. The molecule has 3 aromatic carbocycles. The predicted octanol–water partition coefficient (Wildman–Crippen LogP) is 2.06. The maximum atomic E-state index is 14.6. The van der Waals surface area contributed by atoms with Crippen molar-refractivity contribution in [2.75, 3.05) is 40.3 Å². The number of methoxy groups -OCH3 is 2. The van der Waals surface area contributed by atoms with Crippen LogP contribution in [0.3, 0.4) is 0 Å². The van der Waals surface area contributed by atoms with Crippen LogP contribution in [0.5, 0.6) is 5.75 Å². The molecule has 2 saturated heterocycles. The molecule has 3 aromatic rings. The molecule has 0 saturated carbocycles. The molecule has 48 heavy (non-hydrogen) atoms. The third-order valence-corrected chi connectivity index (χ3v) is 14.6. The minimum absolute atomic E-state index is 0.0196. The van der Waals surface area contributed by atoms with Gasteiger partial charge in [-0.2, -0.15) is 0 Å². The summed E-state index contributed by atoms with van der Waals surface area (Å²) in [5, 5.41) is 5.79. The second kappa shape index (κ2) is 14.6. The molecule has 11 nitrogen and oxygen atoms in total. The average Bonchev–Trinajstić information content (AvgIpc) is 3.55. The number of ether oxygens (including phenoxy) is 2. The summed E-state index contributed by atoms with van der Waals surface area (Å²) in [6, 6.07) is 13.2. The topological polar surface area (TPSA) is 157 Å². The summed E-state index contributed by atoms with van der Waals surface area (Å²) in [7, 11) is -1.37.